The average Bonchev–Trinajstić information content (AvgIpc) is 2.83. The van der Waals surface area contributed by atoms with Crippen LogP contribution in [0.5, 0.6) is 0 Å². The van der Waals surface area contributed by atoms with E-state index in [0.29, 0.717) is 12.2 Å². The zero-order valence-electron chi connectivity index (χ0n) is 11.7. The molecule has 0 radical (unpaired) electrons. The second kappa shape index (κ2) is 4.72. The molecule has 1 aromatic heterocycles. The Bertz CT molecular complexity index is 777. The standard InChI is InChI=1S/C16H18N2O2/c1-10-9-12(18(2)7-8-19)14-11-5-3-4-6-13(11)20-16(14)15(10)17/h3-6,9,19H,7-8,17H2,1-2H3. The predicted molar refractivity (Wildman–Crippen MR) is 83.2 cm³/mol. The van der Waals surface area contributed by atoms with Crippen molar-refractivity contribution >= 4 is 33.3 Å². The SMILES string of the molecule is Cc1cc(N(C)CCO)c2c(oc3ccccc32)c1N. The van der Waals surface area contributed by atoms with Gasteiger partial charge in [0.05, 0.1) is 17.7 Å². The lowest BCUT2D eigenvalue weighted by atomic mass is 10.1. The second-order valence-electron chi connectivity index (χ2n) is 5.07. The Kier molecular flexibility index (Phi) is 3.03. The third-order valence-corrected chi connectivity index (χ3v) is 3.72. The van der Waals surface area contributed by atoms with E-state index < -0.39 is 0 Å². The van der Waals surface area contributed by atoms with Gasteiger partial charge in [0.2, 0.25) is 0 Å². The van der Waals surface area contributed by atoms with Gasteiger partial charge in [0.15, 0.2) is 5.58 Å². The number of nitrogen functional groups attached to an aromatic ring is 1. The molecule has 0 bridgehead atoms. The molecule has 0 aliphatic carbocycles. The third kappa shape index (κ3) is 1.80. The minimum Gasteiger partial charge on any atom is -0.454 e. The van der Waals surface area contributed by atoms with Gasteiger partial charge in [0.25, 0.3) is 0 Å². The monoisotopic (exact) mass is 270 g/mol. The molecule has 0 fully saturated rings. The maximum atomic E-state index is 9.17. The molecule has 4 heteroatoms. The summed E-state index contributed by atoms with van der Waals surface area (Å²) in [5, 5.41) is 11.2. The Balaban J connectivity index is 2.41. The van der Waals surface area contributed by atoms with Gasteiger partial charge in [-0.15, -0.1) is 0 Å². The van der Waals surface area contributed by atoms with E-state index in [1.54, 1.807) is 0 Å². The van der Waals surface area contributed by atoms with Crippen molar-refractivity contribution in [3.05, 3.63) is 35.9 Å². The largest absolute Gasteiger partial charge is 0.454 e. The van der Waals surface area contributed by atoms with Gasteiger partial charge < -0.3 is 20.2 Å². The summed E-state index contributed by atoms with van der Waals surface area (Å²) in [5.74, 6) is 0. The number of fused-ring (bicyclic) bond motifs is 3. The van der Waals surface area contributed by atoms with E-state index in [9.17, 15) is 0 Å². The number of hydrogen-bond donors (Lipinski definition) is 2. The molecule has 1 heterocycles. The molecule has 20 heavy (non-hydrogen) atoms. The van der Waals surface area contributed by atoms with Gasteiger partial charge in [-0.2, -0.15) is 0 Å². The van der Waals surface area contributed by atoms with Gasteiger partial charge >= 0.3 is 0 Å². The fourth-order valence-electron chi connectivity index (χ4n) is 2.60. The van der Waals surface area contributed by atoms with Crippen LogP contribution in [0.2, 0.25) is 0 Å². The van der Waals surface area contributed by atoms with Crippen molar-refractivity contribution in [3.8, 4) is 0 Å². The lowest BCUT2D eigenvalue weighted by Crippen LogP contribution is -2.21. The Labute approximate surface area is 117 Å². The summed E-state index contributed by atoms with van der Waals surface area (Å²) in [5.41, 5.74) is 10.4. The number of hydrogen-bond acceptors (Lipinski definition) is 4. The molecule has 3 rings (SSSR count). The van der Waals surface area contributed by atoms with Gasteiger partial charge in [-0.3, -0.25) is 0 Å². The van der Waals surface area contributed by atoms with Crippen molar-refractivity contribution in [2.75, 3.05) is 30.8 Å². The first-order chi connectivity index (χ1) is 9.63. The van der Waals surface area contributed by atoms with Crippen molar-refractivity contribution < 1.29 is 9.52 Å². The highest BCUT2D eigenvalue weighted by Gasteiger charge is 2.17. The van der Waals surface area contributed by atoms with Gasteiger partial charge in [-0.25, -0.2) is 0 Å². The molecule has 3 aromatic rings. The molecule has 0 aliphatic rings. The van der Waals surface area contributed by atoms with E-state index in [1.807, 2.05) is 43.1 Å². The highest BCUT2D eigenvalue weighted by atomic mass is 16.3. The van der Waals surface area contributed by atoms with E-state index in [1.165, 1.54) is 0 Å². The molecule has 0 aliphatic heterocycles. The van der Waals surface area contributed by atoms with Gasteiger partial charge in [-0.1, -0.05) is 18.2 Å². The van der Waals surface area contributed by atoms with Crippen molar-refractivity contribution in [1.29, 1.82) is 0 Å². The summed E-state index contributed by atoms with van der Waals surface area (Å²) >= 11 is 0. The van der Waals surface area contributed by atoms with E-state index >= 15 is 0 Å². The van der Waals surface area contributed by atoms with Gasteiger partial charge in [-0.05, 0) is 24.6 Å². The van der Waals surface area contributed by atoms with Crippen molar-refractivity contribution in [3.63, 3.8) is 0 Å². The van der Waals surface area contributed by atoms with Crippen molar-refractivity contribution in [2.45, 2.75) is 6.92 Å². The maximum Gasteiger partial charge on any atom is 0.160 e. The molecular weight excluding hydrogens is 252 g/mol. The summed E-state index contributed by atoms with van der Waals surface area (Å²) in [6, 6.07) is 9.97. The summed E-state index contributed by atoms with van der Waals surface area (Å²) in [7, 11) is 1.96. The molecular formula is C16H18N2O2. The Morgan fingerprint density at radius 2 is 2.05 bits per heavy atom. The summed E-state index contributed by atoms with van der Waals surface area (Å²) in [4.78, 5) is 2.02. The number of aryl methyl sites for hydroxylation is 1. The smallest absolute Gasteiger partial charge is 0.160 e. The van der Waals surface area contributed by atoms with Crippen molar-refractivity contribution in [2.24, 2.45) is 0 Å². The number of para-hydroxylation sites is 1. The third-order valence-electron chi connectivity index (χ3n) is 3.72. The number of aliphatic hydroxyl groups excluding tert-OH is 1. The lowest BCUT2D eigenvalue weighted by Gasteiger charge is -2.20. The van der Waals surface area contributed by atoms with Crippen LogP contribution in [0, 0.1) is 6.92 Å². The first kappa shape index (κ1) is 12.8. The van der Waals surface area contributed by atoms with Crippen LogP contribution in [-0.4, -0.2) is 25.3 Å². The number of furan rings is 1. The molecule has 0 unspecified atom stereocenters. The number of rotatable bonds is 3. The number of nitrogens with two attached hydrogens (primary N) is 1. The van der Waals surface area contributed by atoms with E-state index in [-0.39, 0.29) is 6.61 Å². The van der Waals surface area contributed by atoms with Crippen LogP contribution in [0.3, 0.4) is 0 Å². The predicted octanol–water partition coefficient (Wildman–Crippen LogP) is 2.91. The molecule has 3 N–H and O–H groups in total. The van der Waals surface area contributed by atoms with Crippen LogP contribution in [0.4, 0.5) is 11.4 Å². The minimum absolute atomic E-state index is 0.108. The molecule has 2 aromatic carbocycles. The first-order valence-electron chi connectivity index (χ1n) is 6.65. The maximum absolute atomic E-state index is 9.17. The van der Waals surface area contributed by atoms with Crippen LogP contribution < -0.4 is 10.6 Å². The lowest BCUT2D eigenvalue weighted by molar-refractivity contribution is 0.304. The van der Waals surface area contributed by atoms with Crippen LogP contribution in [0.1, 0.15) is 5.56 Å². The number of benzene rings is 2. The van der Waals surface area contributed by atoms with Gasteiger partial charge in [0.1, 0.15) is 5.58 Å². The number of likely N-dealkylation sites (N-methyl/N-ethyl adjacent to an activating group) is 1. The number of anilines is 2. The number of nitrogens with zero attached hydrogens (tertiary/aromatic N) is 1. The summed E-state index contributed by atoms with van der Waals surface area (Å²) in [6.45, 7) is 2.65. The first-order valence-corrected chi connectivity index (χ1v) is 6.65. The zero-order chi connectivity index (χ0) is 14.3. The average molecular weight is 270 g/mol. The highest BCUT2D eigenvalue weighted by Crippen LogP contribution is 2.40. The summed E-state index contributed by atoms with van der Waals surface area (Å²) < 4.78 is 5.92. The summed E-state index contributed by atoms with van der Waals surface area (Å²) in [6.07, 6.45) is 0. The fourth-order valence-corrected chi connectivity index (χ4v) is 2.60. The fraction of sp³-hybridized carbons (Fsp3) is 0.250. The minimum atomic E-state index is 0.108. The molecule has 104 valence electrons. The molecule has 0 saturated heterocycles. The van der Waals surface area contributed by atoms with Crippen LogP contribution in [-0.2, 0) is 0 Å². The Morgan fingerprint density at radius 1 is 1.30 bits per heavy atom. The Hall–Kier alpha value is -2.20. The van der Waals surface area contributed by atoms with Crippen LogP contribution in [0.15, 0.2) is 34.7 Å². The quantitative estimate of drug-likeness (QED) is 0.718. The van der Waals surface area contributed by atoms with E-state index in [4.69, 9.17) is 15.3 Å². The normalized spacial score (nSPS) is 11.3. The zero-order valence-corrected chi connectivity index (χ0v) is 11.7. The Morgan fingerprint density at radius 3 is 2.80 bits per heavy atom. The molecule has 0 saturated carbocycles. The number of aliphatic hydroxyl groups is 1. The van der Waals surface area contributed by atoms with Crippen LogP contribution in [0.25, 0.3) is 21.9 Å². The second-order valence-corrected chi connectivity index (χ2v) is 5.07. The van der Waals surface area contributed by atoms with E-state index in [2.05, 4.69) is 6.07 Å². The van der Waals surface area contributed by atoms with Gasteiger partial charge in [0, 0.05) is 24.7 Å². The topological polar surface area (TPSA) is 62.6 Å². The molecule has 0 atom stereocenters. The molecule has 4 nitrogen and oxygen atoms in total. The van der Waals surface area contributed by atoms with Crippen molar-refractivity contribution in [1.82, 2.24) is 0 Å². The molecule has 0 amide bonds. The van der Waals surface area contributed by atoms with E-state index in [0.717, 1.165) is 33.2 Å². The highest BCUT2D eigenvalue weighted by molar-refractivity contribution is 6.15. The molecule has 0 spiro atoms. The van der Waals surface area contributed by atoms with Crippen LogP contribution >= 0.6 is 0 Å².